The first-order valence-corrected chi connectivity index (χ1v) is 4.79. The molecule has 2 nitrogen and oxygen atoms in total. The molecule has 0 heterocycles. The number of aromatic hydroxyl groups is 1. The van der Waals surface area contributed by atoms with Crippen molar-refractivity contribution in [2.45, 2.75) is 19.3 Å². The SMILES string of the molecule is O=C1C=C(c2ccccc2O)CCC1. The molecule has 0 unspecified atom stereocenters. The van der Waals surface area contributed by atoms with Gasteiger partial charge >= 0.3 is 0 Å². The van der Waals surface area contributed by atoms with Gasteiger partial charge in [-0.05, 0) is 30.6 Å². The Morgan fingerprint density at radius 2 is 1.93 bits per heavy atom. The Hall–Kier alpha value is -1.57. The second-order valence-electron chi connectivity index (χ2n) is 3.51. The first-order valence-electron chi connectivity index (χ1n) is 4.79. The van der Waals surface area contributed by atoms with Crippen molar-refractivity contribution in [2.75, 3.05) is 0 Å². The summed E-state index contributed by atoms with van der Waals surface area (Å²) in [6.07, 6.45) is 4.05. The normalized spacial score (nSPS) is 16.6. The molecule has 1 N–H and O–H groups in total. The zero-order valence-corrected chi connectivity index (χ0v) is 7.86. The summed E-state index contributed by atoms with van der Waals surface area (Å²) in [4.78, 5) is 11.2. The molecule has 14 heavy (non-hydrogen) atoms. The fraction of sp³-hybridized carbons (Fsp3) is 0.250. The number of phenolic OH excluding ortho intramolecular Hbond substituents is 1. The molecule has 0 atom stereocenters. The van der Waals surface area contributed by atoms with Crippen LogP contribution in [-0.4, -0.2) is 10.9 Å². The summed E-state index contributed by atoms with van der Waals surface area (Å²) < 4.78 is 0. The maximum absolute atomic E-state index is 11.2. The number of phenols is 1. The number of carbonyl (C=O) groups excluding carboxylic acids is 1. The zero-order chi connectivity index (χ0) is 9.97. The van der Waals surface area contributed by atoms with E-state index in [4.69, 9.17) is 0 Å². The predicted octanol–water partition coefficient (Wildman–Crippen LogP) is 2.53. The highest BCUT2D eigenvalue weighted by atomic mass is 16.3. The molecule has 2 heteroatoms. The summed E-state index contributed by atoms with van der Waals surface area (Å²) in [6, 6.07) is 7.15. The molecule has 0 aromatic heterocycles. The molecule has 0 fully saturated rings. The average molecular weight is 188 g/mol. The van der Waals surface area contributed by atoms with Crippen molar-refractivity contribution in [3.8, 4) is 5.75 Å². The van der Waals surface area contributed by atoms with Crippen LogP contribution in [0.2, 0.25) is 0 Å². The van der Waals surface area contributed by atoms with Gasteiger partial charge < -0.3 is 5.11 Å². The number of rotatable bonds is 1. The predicted molar refractivity (Wildman–Crippen MR) is 54.9 cm³/mol. The van der Waals surface area contributed by atoms with Gasteiger partial charge in [-0.25, -0.2) is 0 Å². The van der Waals surface area contributed by atoms with Crippen LogP contribution in [0.15, 0.2) is 30.3 Å². The van der Waals surface area contributed by atoms with Gasteiger partial charge in [-0.1, -0.05) is 18.2 Å². The standard InChI is InChI=1S/C12H12O2/c13-10-5-3-4-9(8-10)11-6-1-2-7-12(11)14/h1-2,6-8,14H,3-5H2. The van der Waals surface area contributed by atoms with Crippen molar-refractivity contribution in [1.82, 2.24) is 0 Å². The van der Waals surface area contributed by atoms with Crippen LogP contribution in [0.3, 0.4) is 0 Å². The molecule has 2 rings (SSSR count). The molecule has 0 saturated carbocycles. The third-order valence-corrected chi connectivity index (χ3v) is 2.45. The molecule has 1 aliphatic rings. The van der Waals surface area contributed by atoms with E-state index in [1.165, 1.54) is 0 Å². The summed E-state index contributed by atoms with van der Waals surface area (Å²) in [7, 11) is 0. The zero-order valence-electron chi connectivity index (χ0n) is 7.86. The molecule has 72 valence electrons. The Bertz CT molecular complexity index is 391. The number of ketones is 1. The topological polar surface area (TPSA) is 37.3 Å². The first-order chi connectivity index (χ1) is 6.77. The highest BCUT2D eigenvalue weighted by Gasteiger charge is 2.13. The summed E-state index contributed by atoms with van der Waals surface area (Å²) in [5.41, 5.74) is 1.75. The molecule has 1 aromatic carbocycles. The van der Waals surface area contributed by atoms with Crippen LogP contribution in [0.4, 0.5) is 0 Å². The van der Waals surface area contributed by atoms with Crippen molar-refractivity contribution in [3.05, 3.63) is 35.9 Å². The van der Waals surface area contributed by atoms with Crippen LogP contribution >= 0.6 is 0 Å². The smallest absolute Gasteiger partial charge is 0.155 e. The largest absolute Gasteiger partial charge is 0.507 e. The van der Waals surface area contributed by atoms with Gasteiger partial charge in [-0.3, -0.25) is 4.79 Å². The number of hydrogen-bond acceptors (Lipinski definition) is 2. The van der Waals surface area contributed by atoms with Gasteiger partial charge in [-0.15, -0.1) is 0 Å². The van der Waals surface area contributed by atoms with Crippen LogP contribution in [0.25, 0.3) is 5.57 Å². The number of hydrogen-bond donors (Lipinski definition) is 1. The third-order valence-electron chi connectivity index (χ3n) is 2.45. The Morgan fingerprint density at radius 1 is 1.14 bits per heavy atom. The molecular formula is C12H12O2. The summed E-state index contributed by atoms with van der Waals surface area (Å²) in [5, 5.41) is 9.60. The highest BCUT2D eigenvalue weighted by Crippen LogP contribution is 2.30. The maximum atomic E-state index is 11.2. The average Bonchev–Trinajstić information content (AvgIpc) is 2.18. The Morgan fingerprint density at radius 3 is 2.64 bits per heavy atom. The van der Waals surface area contributed by atoms with Crippen LogP contribution in [0.1, 0.15) is 24.8 Å². The van der Waals surface area contributed by atoms with Crippen molar-refractivity contribution >= 4 is 11.4 Å². The lowest BCUT2D eigenvalue weighted by Crippen LogP contribution is -2.02. The fourth-order valence-electron chi connectivity index (χ4n) is 1.75. The van der Waals surface area contributed by atoms with Crippen LogP contribution in [0, 0.1) is 0 Å². The lowest BCUT2D eigenvalue weighted by atomic mass is 9.92. The first kappa shape index (κ1) is 9.00. The summed E-state index contributed by atoms with van der Waals surface area (Å²) in [5.74, 6) is 0.419. The van der Waals surface area contributed by atoms with Crippen LogP contribution in [-0.2, 0) is 4.79 Å². The van der Waals surface area contributed by atoms with Gasteiger partial charge in [0.1, 0.15) is 5.75 Å². The minimum Gasteiger partial charge on any atom is -0.507 e. The van der Waals surface area contributed by atoms with Crippen LogP contribution in [0.5, 0.6) is 5.75 Å². The van der Waals surface area contributed by atoms with Gasteiger partial charge in [0.25, 0.3) is 0 Å². The number of allylic oxidation sites excluding steroid dienone is 2. The van der Waals surface area contributed by atoms with Gasteiger partial charge in [0.15, 0.2) is 5.78 Å². The fourth-order valence-corrected chi connectivity index (χ4v) is 1.75. The van der Waals surface area contributed by atoms with Crippen molar-refractivity contribution in [1.29, 1.82) is 0 Å². The van der Waals surface area contributed by atoms with E-state index in [2.05, 4.69) is 0 Å². The highest BCUT2D eigenvalue weighted by molar-refractivity contribution is 5.98. The maximum Gasteiger partial charge on any atom is 0.155 e. The van der Waals surface area contributed by atoms with Gasteiger partial charge in [0, 0.05) is 12.0 Å². The van der Waals surface area contributed by atoms with E-state index in [9.17, 15) is 9.90 Å². The van der Waals surface area contributed by atoms with E-state index in [1.807, 2.05) is 12.1 Å². The quantitative estimate of drug-likeness (QED) is 0.735. The van der Waals surface area contributed by atoms with E-state index in [-0.39, 0.29) is 11.5 Å². The number of benzene rings is 1. The van der Waals surface area contributed by atoms with Crippen molar-refractivity contribution < 1.29 is 9.90 Å². The lowest BCUT2D eigenvalue weighted by Gasteiger charge is -2.12. The van der Waals surface area contributed by atoms with Crippen molar-refractivity contribution in [3.63, 3.8) is 0 Å². The second-order valence-corrected chi connectivity index (χ2v) is 3.51. The van der Waals surface area contributed by atoms with Gasteiger partial charge in [0.2, 0.25) is 0 Å². The minimum absolute atomic E-state index is 0.162. The Kier molecular flexibility index (Phi) is 2.35. The molecule has 1 aromatic rings. The molecule has 0 saturated heterocycles. The number of para-hydroxylation sites is 1. The van der Waals surface area contributed by atoms with E-state index in [0.29, 0.717) is 6.42 Å². The van der Waals surface area contributed by atoms with E-state index in [1.54, 1.807) is 18.2 Å². The monoisotopic (exact) mass is 188 g/mol. The lowest BCUT2D eigenvalue weighted by molar-refractivity contribution is -0.114. The molecule has 0 spiro atoms. The van der Waals surface area contributed by atoms with E-state index >= 15 is 0 Å². The van der Waals surface area contributed by atoms with Gasteiger partial charge in [0.05, 0.1) is 0 Å². The molecule has 0 radical (unpaired) electrons. The number of carbonyl (C=O) groups is 1. The molecular weight excluding hydrogens is 176 g/mol. The Balaban J connectivity index is 2.40. The van der Waals surface area contributed by atoms with E-state index in [0.717, 1.165) is 24.0 Å². The van der Waals surface area contributed by atoms with E-state index < -0.39 is 0 Å². The molecule has 0 aliphatic heterocycles. The second kappa shape index (κ2) is 3.66. The van der Waals surface area contributed by atoms with Crippen LogP contribution < -0.4 is 0 Å². The van der Waals surface area contributed by atoms with Gasteiger partial charge in [-0.2, -0.15) is 0 Å². The summed E-state index contributed by atoms with van der Waals surface area (Å²) >= 11 is 0. The summed E-state index contributed by atoms with van der Waals surface area (Å²) in [6.45, 7) is 0. The Labute approximate surface area is 82.9 Å². The molecule has 1 aliphatic carbocycles. The minimum atomic E-state index is 0.162. The molecule has 0 bridgehead atoms. The molecule has 0 amide bonds. The van der Waals surface area contributed by atoms with Crippen molar-refractivity contribution in [2.24, 2.45) is 0 Å². The third kappa shape index (κ3) is 1.69.